The minimum absolute atomic E-state index is 0.847. The molecule has 0 saturated carbocycles. The Bertz CT molecular complexity index is 531. The highest BCUT2D eigenvalue weighted by Crippen LogP contribution is 2.25. The van der Waals surface area contributed by atoms with Crippen LogP contribution >= 0.6 is 38.5 Å². The first-order valence-corrected chi connectivity index (χ1v) is 6.92. The second-order valence-corrected chi connectivity index (χ2v) is 5.45. The van der Waals surface area contributed by atoms with E-state index in [2.05, 4.69) is 66.3 Å². The maximum Gasteiger partial charge on any atom is 0.127 e. The van der Waals surface area contributed by atoms with E-state index >= 15 is 0 Å². The van der Waals surface area contributed by atoms with Gasteiger partial charge in [0.2, 0.25) is 0 Å². The van der Waals surface area contributed by atoms with Gasteiger partial charge in [0.1, 0.15) is 5.82 Å². The third-order valence-corrected chi connectivity index (χ3v) is 4.56. The molecular formula is C12H11BrIN3. The Morgan fingerprint density at radius 1 is 1.18 bits per heavy atom. The number of benzene rings is 1. The third kappa shape index (κ3) is 3.32. The Morgan fingerprint density at radius 2 is 1.94 bits per heavy atom. The van der Waals surface area contributed by atoms with Crippen molar-refractivity contribution in [2.75, 3.05) is 17.7 Å². The molecule has 17 heavy (non-hydrogen) atoms. The second-order valence-electron chi connectivity index (χ2n) is 3.43. The van der Waals surface area contributed by atoms with E-state index in [-0.39, 0.29) is 0 Å². The smallest absolute Gasteiger partial charge is 0.127 e. The van der Waals surface area contributed by atoms with Crippen molar-refractivity contribution >= 4 is 55.7 Å². The average molecular weight is 404 g/mol. The lowest BCUT2D eigenvalue weighted by atomic mass is 10.3. The third-order valence-electron chi connectivity index (χ3n) is 2.22. The number of pyridine rings is 1. The average Bonchev–Trinajstić information content (AvgIpc) is 2.34. The predicted molar refractivity (Wildman–Crippen MR) is 83.9 cm³/mol. The van der Waals surface area contributed by atoms with Gasteiger partial charge in [-0.15, -0.1) is 0 Å². The van der Waals surface area contributed by atoms with E-state index < -0.39 is 0 Å². The highest BCUT2D eigenvalue weighted by Gasteiger charge is 2.00. The summed E-state index contributed by atoms with van der Waals surface area (Å²) in [6.07, 6.45) is 1.77. The van der Waals surface area contributed by atoms with E-state index in [9.17, 15) is 0 Å². The van der Waals surface area contributed by atoms with Gasteiger partial charge in [-0.2, -0.15) is 0 Å². The summed E-state index contributed by atoms with van der Waals surface area (Å²) in [6.45, 7) is 0. The van der Waals surface area contributed by atoms with Crippen LogP contribution in [0.5, 0.6) is 0 Å². The van der Waals surface area contributed by atoms with Crippen molar-refractivity contribution in [3.8, 4) is 0 Å². The molecule has 88 valence electrons. The highest BCUT2D eigenvalue weighted by molar-refractivity contribution is 14.1. The summed E-state index contributed by atoms with van der Waals surface area (Å²) >= 11 is 5.80. The molecule has 0 aliphatic carbocycles. The van der Waals surface area contributed by atoms with Crippen LogP contribution in [0.2, 0.25) is 0 Å². The number of nitrogens with one attached hydrogen (secondary N) is 2. The van der Waals surface area contributed by atoms with Crippen molar-refractivity contribution < 1.29 is 0 Å². The Kier molecular flexibility index (Phi) is 4.22. The summed E-state index contributed by atoms with van der Waals surface area (Å²) in [5, 5.41) is 6.35. The van der Waals surface area contributed by atoms with E-state index in [0.717, 1.165) is 21.7 Å². The molecule has 0 bridgehead atoms. The van der Waals surface area contributed by atoms with E-state index in [1.165, 1.54) is 3.57 Å². The first kappa shape index (κ1) is 12.6. The van der Waals surface area contributed by atoms with E-state index in [0.29, 0.717) is 0 Å². The van der Waals surface area contributed by atoms with E-state index in [1.54, 1.807) is 6.20 Å². The van der Waals surface area contributed by atoms with Gasteiger partial charge in [0.25, 0.3) is 0 Å². The second kappa shape index (κ2) is 5.68. The number of aromatic nitrogens is 1. The summed E-state index contributed by atoms with van der Waals surface area (Å²) < 4.78 is 2.28. The maximum atomic E-state index is 4.17. The molecule has 3 nitrogen and oxygen atoms in total. The van der Waals surface area contributed by atoms with Crippen LogP contribution in [0, 0.1) is 3.57 Å². The molecule has 0 amide bonds. The normalized spacial score (nSPS) is 10.1. The van der Waals surface area contributed by atoms with Crippen molar-refractivity contribution in [2.45, 2.75) is 0 Å². The van der Waals surface area contributed by atoms with Crippen molar-refractivity contribution in [1.82, 2.24) is 4.98 Å². The minimum atomic E-state index is 0.847. The molecule has 0 unspecified atom stereocenters. The van der Waals surface area contributed by atoms with Crippen LogP contribution in [0.4, 0.5) is 17.2 Å². The number of hydrogen-bond acceptors (Lipinski definition) is 3. The Morgan fingerprint density at radius 3 is 2.65 bits per heavy atom. The van der Waals surface area contributed by atoms with Gasteiger partial charge in [0.05, 0.1) is 0 Å². The SMILES string of the molecule is CNc1cc(Nc2ccc(I)c(Br)c2)ccn1. The first-order valence-electron chi connectivity index (χ1n) is 5.05. The molecule has 2 rings (SSSR count). The van der Waals surface area contributed by atoms with Gasteiger partial charge in [-0.1, -0.05) is 0 Å². The number of halogens is 2. The lowest BCUT2D eigenvalue weighted by Gasteiger charge is -2.08. The summed E-state index contributed by atoms with van der Waals surface area (Å²) in [4.78, 5) is 4.17. The number of hydrogen-bond donors (Lipinski definition) is 2. The van der Waals surface area contributed by atoms with Crippen molar-refractivity contribution in [3.05, 3.63) is 44.6 Å². The fourth-order valence-electron chi connectivity index (χ4n) is 1.39. The van der Waals surface area contributed by atoms with E-state index in [4.69, 9.17) is 0 Å². The number of nitrogens with zero attached hydrogens (tertiary/aromatic N) is 1. The molecule has 2 aromatic rings. The summed E-state index contributed by atoms with van der Waals surface area (Å²) in [6, 6.07) is 10.1. The van der Waals surface area contributed by atoms with Gasteiger partial charge < -0.3 is 10.6 Å². The molecule has 0 aliphatic heterocycles. The summed E-state index contributed by atoms with van der Waals surface area (Å²) in [7, 11) is 1.85. The zero-order chi connectivity index (χ0) is 12.3. The van der Waals surface area contributed by atoms with Gasteiger partial charge in [-0.05, 0) is 62.8 Å². The predicted octanol–water partition coefficient (Wildman–Crippen LogP) is 4.23. The van der Waals surface area contributed by atoms with Gasteiger partial charge in [-0.25, -0.2) is 4.98 Å². The molecule has 0 saturated heterocycles. The molecule has 1 heterocycles. The molecule has 0 atom stereocenters. The molecule has 0 aliphatic rings. The van der Waals surface area contributed by atoms with Crippen LogP contribution in [-0.2, 0) is 0 Å². The van der Waals surface area contributed by atoms with Crippen LogP contribution in [0.3, 0.4) is 0 Å². The van der Waals surface area contributed by atoms with Crippen molar-refractivity contribution in [1.29, 1.82) is 0 Å². The summed E-state index contributed by atoms with van der Waals surface area (Å²) in [5.41, 5.74) is 2.06. The van der Waals surface area contributed by atoms with Crippen molar-refractivity contribution in [3.63, 3.8) is 0 Å². The van der Waals surface area contributed by atoms with Crippen LogP contribution < -0.4 is 10.6 Å². The highest BCUT2D eigenvalue weighted by atomic mass is 127. The van der Waals surface area contributed by atoms with Crippen LogP contribution in [0.15, 0.2) is 41.0 Å². The molecule has 2 N–H and O–H groups in total. The Labute approximate surface area is 122 Å². The van der Waals surface area contributed by atoms with Crippen LogP contribution in [0.25, 0.3) is 0 Å². The lowest BCUT2D eigenvalue weighted by Crippen LogP contribution is -1.95. The van der Waals surface area contributed by atoms with Crippen LogP contribution in [-0.4, -0.2) is 12.0 Å². The monoisotopic (exact) mass is 403 g/mol. The fraction of sp³-hybridized carbons (Fsp3) is 0.0833. The summed E-state index contributed by atoms with van der Waals surface area (Å²) in [5.74, 6) is 0.847. The molecule has 0 radical (unpaired) electrons. The molecule has 0 fully saturated rings. The van der Waals surface area contributed by atoms with Crippen molar-refractivity contribution in [2.24, 2.45) is 0 Å². The van der Waals surface area contributed by atoms with Crippen LogP contribution in [0.1, 0.15) is 0 Å². The quantitative estimate of drug-likeness (QED) is 0.753. The zero-order valence-electron chi connectivity index (χ0n) is 9.17. The van der Waals surface area contributed by atoms with Gasteiger partial charge in [0.15, 0.2) is 0 Å². The molecule has 5 heteroatoms. The standard InChI is InChI=1S/C12H11BrIN3/c1-15-12-7-9(4-5-16-12)17-8-2-3-11(14)10(13)6-8/h2-7H,1H3,(H2,15,16,17). The first-order chi connectivity index (χ1) is 8.19. The topological polar surface area (TPSA) is 37.0 Å². The van der Waals surface area contributed by atoms with E-state index in [1.807, 2.05) is 25.2 Å². The fourth-order valence-corrected chi connectivity index (χ4v) is 2.10. The zero-order valence-corrected chi connectivity index (χ0v) is 12.9. The number of anilines is 3. The Hall–Kier alpha value is -0.820. The minimum Gasteiger partial charge on any atom is -0.373 e. The van der Waals surface area contributed by atoms with Gasteiger partial charge >= 0.3 is 0 Å². The maximum absolute atomic E-state index is 4.17. The lowest BCUT2D eigenvalue weighted by molar-refractivity contribution is 1.28. The molecule has 1 aromatic carbocycles. The van der Waals surface area contributed by atoms with Gasteiger partial charge in [0, 0.05) is 38.7 Å². The largest absolute Gasteiger partial charge is 0.373 e. The number of rotatable bonds is 3. The molecule has 1 aromatic heterocycles. The van der Waals surface area contributed by atoms with Gasteiger partial charge in [-0.3, -0.25) is 0 Å². The Balaban J connectivity index is 2.22. The molecular weight excluding hydrogens is 393 g/mol. The molecule has 0 spiro atoms.